The smallest absolute Gasteiger partial charge is 0.244 e. The van der Waals surface area contributed by atoms with Crippen LogP contribution in [0, 0.1) is 0 Å². The number of hydrogen-bond acceptors (Lipinski definition) is 6. The van der Waals surface area contributed by atoms with Crippen LogP contribution in [0.15, 0.2) is 6.07 Å². The highest BCUT2D eigenvalue weighted by Crippen LogP contribution is 2.13. The van der Waals surface area contributed by atoms with E-state index in [0.29, 0.717) is 18.2 Å². The summed E-state index contributed by atoms with van der Waals surface area (Å²) in [4.78, 5) is 22.2. The first-order chi connectivity index (χ1) is 9.97. The molecule has 0 saturated carbocycles. The molecule has 1 atom stereocenters. The van der Waals surface area contributed by atoms with Crippen LogP contribution in [0.25, 0.3) is 0 Å². The number of nitrogens with one attached hydrogen (secondary N) is 2. The van der Waals surface area contributed by atoms with Crippen molar-refractivity contribution in [2.45, 2.75) is 32.9 Å². The van der Waals surface area contributed by atoms with Crippen molar-refractivity contribution in [2.24, 2.45) is 0 Å². The summed E-state index contributed by atoms with van der Waals surface area (Å²) in [6.45, 7) is 5.04. The van der Waals surface area contributed by atoms with Crippen LogP contribution < -0.4 is 10.6 Å². The van der Waals surface area contributed by atoms with Crippen molar-refractivity contribution in [3.63, 3.8) is 0 Å². The van der Waals surface area contributed by atoms with E-state index in [9.17, 15) is 4.79 Å². The molecular formula is C14H25N5O2. The lowest BCUT2D eigenvalue weighted by molar-refractivity contribution is -0.129. The Morgan fingerprint density at radius 3 is 2.62 bits per heavy atom. The molecular weight excluding hydrogens is 270 g/mol. The summed E-state index contributed by atoms with van der Waals surface area (Å²) in [5.41, 5.74) is 0. The molecule has 1 aromatic rings. The van der Waals surface area contributed by atoms with Crippen LogP contribution in [0.4, 0.5) is 11.6 Å². The number of rotatable bonds is 8. The van der Waals surface area contributed by atoms with Crippen LogP contribution in [-0.2, 0) is 16.1 Å². The van der Waals surface area contributed by atoms with Crippen molar-refractivity contribution in [3.8, 4) is 0 Å². The number of hydrogen-bond donors (Lipinski definition) is 2. The molecule has 0 radical (unpaired) electrons. The third kappa shape index (κ3) is 5.55. The molecule has 0 fully saturated rings. The maximum Gasteiger partial charge on any atom is 0.244 e. The summed E-state index contributed by atoms with van der Waals surface area (Å²) < 4.78 is 5.08. The van der Waals surface area contributed by atoms with Gasteiger partial charge in [-0.05, 0) is 13.3 Å². The number of carbonyl (C=O) groups excluding carboxylic acids is 1. The SMILES string of the molecule is CCCNc1cc(NC(C)C(=O)N(C)C)nc(COC)n1. The predicted octanol–water partition coefficient (Wildman–Crippen LogP) is 1.33. The molecule has 0 aromatic carbocycles. The molecule has 0 spiro atoms. The highest BCUT2D eigenvalue weighted by Gasteiger charge is 2.16. The zero-order valence-corrected chi connectivity index (χ0v) is 13.4. The fraction of sp³-hybridized carbons (Fsp3) is 0.643. The quantitative estimate of drug-likeness (QED) is 0.753. The van der Waals surface area contributed by atoms with Gasteiger partial charge in [0.1, 0.15) is 24.3 Å². The van der Waals surface area contributed by atoms with Crippen LogP contribution in [0.3, 0.4) is 0 Å². The summed E-state index contributed by atoms with van der Waals surface area (Å²) in [6.07, 6.45) is 1.00. The van der Waals surface area contributed by atoms with E-state index in [1.807, 2.05) is 0 Å². The van der Waals surface area contributed by atoms with Gasteiger partial charge in [-0.15, -0.1) is 0 Å². The minimum absolute atomic E-state index is 0.00929. The van der Waals surface area contributed by atoms with E-state index in [0.717, 1.165) is 18.8 Å². The highest BCUT2D eigenvalue weighted by molar-refractivity contribution is 5.83. The van der Waals surface area contributed by atoms with E-state index < -0.39 is 0 Å². The summed E-state index contributed by atoms with van der Waals surface area (Å²) in [7, 11) is 5.05. The van der Waals surface area contributed by atoms with Crippen LogP contribution in [0.1, 0.15) is 26.1 Å². The molecule has 1 rings (SSSR count). The molecule has 1 heterocycles. The normalized spacial score (nSPS) is 11.9. The fourth-order valence-corrected chi connectivity index (χ4v) is 1.78. The van der Waals surface area contributed by atoms with Crippen LogP contribution >= 0.6 is 0 Å². The Hall–Kier alpha value is -1.89. The third-order valence-corrected chi connectivity index (χ3v) is 2.78. The maximum atomic E-state index is 11.9. The number of nitrogens with zero attached hydrogens (tertiary/aromatic N) is 3. The van der Waals surface area contributed by atoms with Gasteiger partial charge in [-0.2, -0.15) is 0 Å². The molecule has 1 amide bonds. The Morgan fingerprint density at radius 2 is 2.05 bits per heavy atom. The van der Waals surface area contributed by atoms with E-state index in [1.54, 1.807) is 39.1 Å². The third-order valence-electron chi connectivity index (χ3n) is 2.78. The zero-order chi connectivity index (χ0) is 15.8. The van der Waals surface area contributed by atoms with Crippen molar-refractivity contribution < 1.29 is 9.53 Å². The number of ether oxygens (including phenoxy) is 1. The zero-order valence-electron chi connectivity index (χ0n) is 13.4. The Morgan fingerprint density at radius 1 is 1.38 bits per heavy atom. The molecule has 0 aliphatic carbocycles. The number of methoxy groups -OCH3 is 1. The van der Waals surface area contributed by atoms with E-state index in [1.165, 1.54) is 0 Å². The highest BCUT2D eigenvalue weighted by atomic mass is 16.5. The van der Waals surface area contributed by atoms with Gasteiger partial charge in [0.2, 0.25) is 5.91 Å². The first-order valence-electron chi connectivity index (χ1n) is 7.06. The van der Waals surface area contributed by atoms with Crippen molar-refractivity contribution in [1.29, 1.82) is 0 Å². The molecule has 0 bridgehead atoms. The van der Waals surface area contributed by atoms with Gasteiger partial charge in [0, 0.05) is 33.8 Å². The van der Waals surface area contributed by atoms with Gasteiger partial charge in [0.15, 0.2) is 5.82 Å². The average molecular weight is 295 g/mol. The topological polar surface area (TPSA) is 79.4 Å². The van der Waals surface area contributed by atoms with Gasteiger partial charge in [0.05, 0.1) is 0 Å². The van der Waals surface area contributed by atoms with Gasteiger partial charge in [-0.1, -0.05) is 6.92 Å². The molecule has 7 nitrogen and oxygen atoms in total. The average Bonchev–Trinajstić information content (AvgIpc) is 2.44. The number of carbonyl (C=O) groups is 1. The van der Waals surface area contributed by atoms with Crippen molar-refractivity contribution >= 4 is 17.5 Å². The standard InChI is InChI=1S/C14H25N5O2/c1-6-7-15-11-8-12(18-13(17-11)9-21-5)16-10(2)14(20)19(3)4/h8,10H,6-7,9H2,1-5H3,(H2,15,16,17,18). The molecule has 2 N–H and O–H groups in total. The molecule has 118 valence electrons. The van der Waals surface area contributed by atoms with Crippen molar-refractivity contribution in [2.75, 3.05) is 38.4 Å². The van der Waals surface area contributed by atoms with Gasteiger partial charge < -0.3 is 20.3 Å². The second-order valence-corrected chi connectivity index (χ2v) is 5.01. The minimum Gasteiger partial charge on any atom is -0.377 e. The summed E-state index contributed by atoms with van der Waals surface area (Å²) in [6, 6.07) is 1.44. The Bertz CT molecular complexity index is 465. The molecule has 21 heavy (non-hydrogen) atoms. The van der Waals surface area contributed by atoms with Crippen LogP contribution in [-0.4, -0.2) is 54.6 Å². The lowest BCUT2D eigenvalue weighted by atomic mass is 10.3. The molecule has 0 aliphatic rings. The van der Waals surface area contributed by atoms with Gasteiger partial charge in [0.25, 0.3) is 0 Å². The molecule has 1 unspecified atom stereocenters. The summed E-state index contributed by atoms with van der Waals surface area (Å²) in [5, 5.41) is 6.32. The Labute approximate surface area is 126 Å². The van der Waals surface area contributed by atoms with E-state index in [2.05, 4.69) is 27.5 Å². The molecule has 1 aromatic heterocycles. The Balaban J connectivity index is 2.88. The van der Waals surface area contributed by atoms with Gasteiger partial charge in [-0.25, -0.2) is 9.97 Å². The number of likely N-dealkylation sites (N-methyl/N-ethyl adjacent to an activating group) is 1. The second-order valence-electron chi connectivity index (χ2n) is 5.01. The lowest BCUT2D eigenvalue weighted by Gasteiger charge is -2.19. The maximum absolute atomic E-state index is 11.9. The number of anilines is 2. The molecule has 7 heteroatoms. The molecule has 0 saturated heterocycles. The first-order valence-corrected chi connectivity index (χ1v) is 7.06. The summed E-state index contributed by atoms with van der Waals surface area (Å²) in [5.74, 6) is 1.90. The monoisotopic (exact) mass is 295 g/mol. The number of amides is 1. The van der Waals surface area contributed by atoms with Gasteiger partial charge >= 0.3 is 0 Å². The predicted molar refractivity (Wildman–Crippen MR) is 83.3 cm³/mol. The van der Waals surface area contributed by atoms with E-state index in [4.69, 9.17) is 4.74 Å². The second kappa shape index (κ2) is 8.41. The van der Waals surface area contributed by atoms with Crippen molar-refractivity contribution in [1.82, 2.24) is 14.9 Å². The van der Waals surface area contributed by atoms with Crippen molar-refractivity contribution in [3.05, 3.63) is 11.9 Å². The van der Waals surface area contributed by atoms with E-state index >= 15 is 0 Å². The Kier molecular flexibility index (Phi) is 6.87. The first kappa shape index (κ1) is 17.2. The van der Waals surface area contributed by atoms with Crippen LogP contribution in [0.5, 0.6) is 0 Å². The lowest BCUT2D eigenvalue weighted by Crippen LogP contribution is -2.36. The fourth-order valence-electron chi connectivity index (χ4n) is 1.78. The van der Waals surface area contributed by atoms with Gasteiger partial charge in [-0.3, -0.25) is 4.79 Å². The number of aromatic nitrogens is 2. The van der Waals surface area contributed by atoms with Crippen LogP contribution in [0.2, 0.25) is 0 Å². The largest absolute Gasteiger partial charge is 0.377 e. The van der Waals surface area contributed by atoms with E-state index in [-0.39, 0.29) is 11.9 Å². The minimum atomic E-state index is -0.357. The molecule has 0 aliphatic heterocycles. The summed E-state index contributed by atoms with van der Waals surface area (Å²) >= 11 is 0.